The smallest absolute Gasteiger partial charge is 0.305 e. The molecule has 1 aromatic rings. The highest BCUT2D eigenvalue weighted by molar-refractivity contribution is 6.21. The minimum absolute atomic E-state index is 0.0705. The summed E-state index contributed by atoms with van der Waals surface area (Å²) in [5.41, 5.74) is 0.777. The van der Waals surface area contributed by atoms with Gasteiger partial charge in [-0.2, -0.15) is 0 Å². The summed E-state index contributed by atoms with van der Waals surface area (Å²) >= 11 is 0. The van der Waals surface area contributed by atoms with Crippen LogP contribution in [0.3, 0.4) is 0 Å². The lowest BCUT2D eigenvalue weighted by atomic mass is 10.1. The van der Waals surface area contributed by atoms with Crippen molar-refractivity contribution in [2.45, 2.75) is 39.0 Å². The van der Waals surface area contributed by atoms with Crippen molar-refractivity contribution < 1.29 is 23.9 Å². The number of ether oxygens (including phenoxy) is 1. The molecule has 1 heterocycles. The van der Waals surface area contributed by atoms with Crippen LogP contribution in [0.1, 0.15) is 59.7 Å². The normalized spacial score (nSPS) is 12.9. The van der Waals surface area contributed by atoms with Crippen molar-refractivity contribution in [3.63, 3.8) is 0 Å². The van der Waals surface area contributed by atoms with Gasteiger partial charge in [0.25, 0.3) is 11.8 Å². The van der Waals surface area contributed by atoms with Crippen molar-refractivity contribution in [2.75, 3.05) is 19.7 Å². The number of carbonyl (C=O) groups is 4. The van der Waals surface area contributed by atoms with Crippen LogP contribution in [0.5, 0.6) is 0 Å². The maximum atomic E-state index is 12.2. The number of carbonyl (C=O) groups excluding carboxylic acids is 4. The first-order valence-electron chi connectivity index (χ1n) is 8.92. The van der Waals surface area contributed by atoms with Gasteiger partial charge >= 0.3 is 5.97 Å². The highest BCUT2D eigenvalue weighted by Crippen LogP contribution is 2.22. The Morgan fingerprint density at radius 2 is 1.65 bits per heavy atom. The Kier molecular flexibility index (Phi) is 7.32. The minimum Gasteiger partial charge on any atom is -0.466 e. The summed E-state index contributed by atoms with van der Waals surface area (Å²) in [6, 6.07) is 6.65. The molecule has 140 valence electrons. The first-order valence-corrected chi connectivity index (χ1v) is 8.92. The second-order valence-electron chi connectivity index (χ2n) is 6.02. The van der Waals surface area contributed by atoms with E-state index in [4.69, 9.17) is 4.74 Å². The van der Waals surface area contributed by atoms with E-state index in [1.54, 1.807) is 31.2 Å². The largest absolute Gasteiger partial charge is 0.466 e. The van der Waals surface area contributed by atoms with Crippen LogP contribution in [0.4, 0.5) is 0 Å². The summed E-state index contributed by atoms with van der Waals surface area (Å²) in [6.07, 6.45) is 2.77. The molecule has 0 bridgehead atoms. The first kappa shape index (κ1) is 19.6. The van der Waals surface area contributed by atoms with Crippen LogP contribution in [0.15, 0.2) is 24.3 Å². The van der Waals surface area contributed by atoms with E-state index >= 15 is 0 Å². The van der Waals surface area contributed by atoms with Gasteiger partial charge in [-0.3, -0.25) is 24.1 Å². The standard InChI is InChI=1S/C19H24N2O5/c1-2-26-17(23)10-4-3-7-12-20-16(22)11-13-21-18(24)14-8-5-6-9-15(14)19(21)25/h5-6,8-9H,2-4,7,10-13H2,1H3,(H,20,22). The van der Waals surface area contributed by atoms with Crippen molar-refractivity contribution in [3.05, 3.63) is 35.4 Å². The third-order valence-electron chi connectivity index (χ3n) is 4.13. The van der Waals surface area contributed by atoms with E-state index in [0.717, 1.165) is 24.2 Å². The summed E-state index contributed by atoms with van der Waals surface area (Å²) in [6.45, 7) is 2.74. The zero-order valence-electron chi connectivity index (χ0n) is 15.0. The van der Waals surface area contributed by atoms with Crippen molar-refractivity contribution in [1.29, 1.82) is 0 Å². The number of fused-ring (bicyclic) bond motifs is 1. The molecule has 0 atom stereocenters. The molecule has 0 saturated carbocycles. The maximum Gasteiger partial charge on any atom is 0.305 e. The number of rotatable bonds is 10. The van der Waals surface area contributed by atoms with E-state index in [1.165, 1.54) is 0 Å². The van der Waals surface area contributed by atoms with Crippen LogP contribution in [0.25, 0.3) is 0 Å². The van der Waals surface area contributed by atoms with Gasteiger partial charge in [-0.1, -0.05) is 18.6 Å². The molecular formula is C19H24N2O5. The predicted molar refractivity (Wildman–Crippen MR) is 94.5 cm³/mol. The average Bonchev–Trinajstić information content (AvgIpc) is 2.87. The monoisotopic (exact) mass is 360 g/mol. The van der Waals surface area contributed by atoms with E-state index in [-0.39, 0.29) is 36.7 Å². The van der Waals surface area contributed by atoms with Crippen molar-refractivity contribution in [3.8, 4) is 0 Å². The average molecular weight is 360 g/mol. The number of esters is 1. The fourth-order valence-electron chi connectivity index (χ4n) is 2.78. The number of benzene rings is 1. The topological polar surface area (TPSA) is 92.8 Å². The molecule has 7 nitrogen and oxygen atoms in total. The lowest BCUT2D eigenvalue weighted by molar-refractivity contribution is -0.143. The van der Waals surface area contributed by atoms with E-state index in [1.807, 2.05) is 0 Å². The van der Waals surface area contributed by atoms with E-state index in [0.29, 0.717) is 30.7 Å². The molecular weight excluding hydrogens is 336 g/mol. The second kappa shape index (κ2) is 9.70. The van der Waals surface area contributed by atoms with Crippen LogP contribution in [0, 0.1) is 0 Å². The van der Waals surface area contributed by atoms with Gasteiger partial charge in [0.15, 0.2) is 0 Å². The molecule has 0 saturated heterocycles. The Bertz CT molecular complexity index is 651. The highest BCUT2D eigenvalue weighted by atomic mass is 16.5. The molecule has 1 N–H and O–H groups in total. The first-order chi connectivity index (χ1) is 12.5. The quantitative estimate of drug-likeness (QED) is 0.391. The molecule has 1 aliphatic heterocycles. The Morgan fingerprint density at radius 3 is 2.27 bits per heavy atom. The molecule has 0 aliphatic carbocycles. The van der Waals surface area contributed by atoms with Gasteiger partial charge in [0, 0.05) is 25.9 Å². The Hall–Kier alpha value is -2.70. The van der Waals surface area contributed by atoms with Crippen LogP contribution >= 0.6 is 0 Å². The zero-order valence-corrected chi connectivity index (χ0v) is 15.0. The number of unbranched alkanes of at least 4 members (excludes halogenated alkanes) is 2. The van der Waals surface area contributed by atoms with Gasteiger partial charge in [-0.05, 0) is 31.9 Å². The number of imide groups is 1. The number of amides is 3. The molecule has 0 fully saturated rings. The fourth-order valence-corrected chi connectivity index (χ4v) is 2.78. The predicted octanol–water partition coefficient (Wildman–Crippen LogP) is 1.91. The minimum atomic E-state index is -0.350. The number of nitrogens with zero attached hydrogens (tertiary/aromatic N) is 1. The molecule has 26 heavy (non-hydrogen) atoms. The third-order valence-corrected chi connectivity index (χ3v) is 4.13. The molecule has 2 rings (SSSR count). The lowest BCUT2D eigenvalue weighted by Crippen LogP contribution is -2.34. The van der Waals surface area contributed by atoms with E-state index in [2.05, 4.69) is 5.32 Å². The van der Waals surface area contributed by atoms with Gasteiger partial charge in [-0.15, -0.1) is 0 Å². The van der Waals surface area contributed by atoms with Crippen LogP contribution in [0.2, 0.25) is 0 Å². The summed E-state index contributed by atoms with van der Waals surface area (Å²) in [5.74, 6) is -1.10. The number of hydrogen-bond acceptors (Lipinski definition) is 5. The van der Waals surface area contributed by atoms with Gasteiger partial charge in [0.2, 0.25) is 5.91 Å². The summed E-state index contributed by atoms with van der Waals surface area (Å²) in [5, 5.41) is 2.77. The Labute approximate surface area is 152 Å². The highest BCUT2D eigenvalue weighted by Gasteiger charge is 2.34. The summed E-state index contributed by atoms with van der Waals surface area (Å²) in [4.78, 5) is 48.5. The van der Waals surface area contributed by atoms with E-state index < -0.39 is 0 Å². The molecule has 0 spiro atoms. The molecule has 1 aliphatic rings. The van der Waals surface area contributed by atoms with Crippen molar-refractivity contribution >= 4 is 23.7 Å². The molecule has 7 heteroatoms. The van der Waals surface area contributed by atoms with Crippen LogP contribution in [-0.2, 0) is 14.3 Å². The summed E-state index contributed by atoms with van der Waals surface area (Å²) in [7, 11) is 0. The zero-order chi connectivity index (χ0) is 18.9. The molecule has 0 radical (unpaired) electrons. The number of hydrogen-bond donors (Lipinski definition) is 1. The second-order valence-corrected chi connectivity index (χ2v) is 6.02. The third kappa shape index (κ3) is 5.15. The van der Waals surface area contributed by atoms with Crippen molar-refractivity contribution in [1.82, 2.24) is 10.2 Å². The van der Waals surface area contributed by atoms with Gasteiger partial charge in [0.1, 0.15) is 0 Å². The van der Waals surface area contributed by atoms with Gasteiger partial charge in [-0.25, -0.2) is 0 Å². The van der Waals surface area contributed by atoms with Gasteiger partial charge < -0.3 is 10.1 Å². The summed E-state index contributed by atoms with van der Waals surface area (Å²) < 4.78 is 4.84. The molecule has 0 aromatic heterocycles. The SMILES string of the molecule is CCOC(=O)CCCCCNC(=O)CCN1C(=O)c2ccccc2C1=O. The van der Waals surface area contributed by atoms with Crippen LogP contribution in [-0.4, -0.2) is 48.3 Å². The molecule has 3 amide bonds. The fraction of sp³-hybridized carbons (Fsp3) is 0.474. The number of nitrogens with one attached hydrogen (secondary N) is 1. The van der Waals surface area contributed by atoms with Gasteiger partial charge in [0.05, 0.1) is 17.7 Å². The molecule has 1 aromatic carbocycles. The molecule has 0 unspecified atom stereocenters. The van der Waals surface area contributed by atoms with Crippen molar-refractivity contribution in [2.24, 2.45) is 0 Å². The maximum absolute atomic E-state index is 12.2. The Morgan fingerprint density at radius 1 is 1.00 bits per heavy atom. The Balaban J connectivity index is 1.62. The van der Waals surface area contributed by atoms with Crippen LogP contribution < -0.4 is 5.32 Å². The lowest BCUT2D eigenvalue weighted by Gasteiger charge is -2.13. The van der Waals surface area contributed by atoms with E-state index in [9.17, 15) is 19.2 Å².